The molecule has 2 heterocycles. The molecule has 0 bridgehead atoms. The van der Waals surface area contributed by atoms with Crippen molar-refractivity contribution < 1.29 is 8.42 Å². The molecule has 0 aliphatic rings. The Hall–Kier alpha value is -2.78. The molecule has 0 aliphatic heterocycles. The summed E-state index contributed by atoms with van der Waals surface area (Å²) in [5, 5.41) is 15.5. The molecule has 0 fully saturated rings. The second-order valence-corrected chi connectivity index (χ2v) is 8.05. The zero-order chi connectivity index (χ0) is 19.3. The third kappa shape index (κ3) is 5.60. The minimum atomic E-state index is -3.38. The molecule has 0 spiro atoms. The molecule has 3 rings (SSSR count). The maximum Gasteiger partial charge on any atom is 0.215 e. The van der Waals surface area contributed by atoms with Gasteiger partial charge in [-0.2, -0.15) is 5.10 Å². The van der Waals surface area contributed by atoms with Crippen LogP contribution in [0.2, 0.25) is 0 Å². The number of benzene rings is 1. The smallest absolute Gasteiger partial charge is 0.215 e. The molecule has 27 heavy (non-hydrogen) atoms. The van der Waals surface area contributed by atoms with Gasteiger partial charge < -0.3 is 5.32 Å². The summed E-state index contributed by atoms with van der Waals surface area (Å²) in [6, 6.07) is 12.9. The average Bonchev–Trinajstić information content (AvgIpc) is 3.07. The zero-order valence-corrected chi connectivity index (χ0v) is 16.1. The SMILES string of the molecule is Cc1ccc(CS(=O)(=O)NCCNc2ccc(-n3ccc(C)n3)nn2)cc1. The monoisotopic (exact) mass is 386 g/mol. The number of aryl methyl sites for hydroxylation is 2. The minimum Gasteiger partial charge on any atom is -0.367 e. The summed E-state index contributed by atoms with van der Waals surface area (Å²) in [4.78, 5) is 0. The lowest BCUT2D eigenvalue weighted by atomic mass is 10.2. The Morgan fingerprint density at radius 3 is 2.37 bits per heavy atom. The first-order valence-electron chi connectivity index (χ1n) is 8.54. The summed E-state index contributed by atoms with van der Waals surface area (Å²) in [5.41, 5.74) is 2.76. The maximum atomic E-state index is 12.1. The van der Waals surface area contributed by atoms with E-state index >= 15 is 0 Å². The van der Waals surface area contributed by atoms with Crippen molar-refractivity contribution in [2.45, 2.75) is 19.6 Å². The second kappa shape index (κ2) is 8.28. The van der Waals surface area contributed by atoms with Gasteiger partial charge in [0.1, 0.15) is 5.82 Å². The standard InChI is InChI=1S/C18H22N6O2S/c1-14-3-5-16(6-4-14)13-27(25,26)20-11-10-19-17-7-8-18(22-21-17)24-12-9-15(2)23-24/h3-9,12,20H,10-11,13H2,1-2H3,(H,19,21). The van der Waals surface area contributed by atoms with Crippen LogP contribution < -0.4 is 10.0 Å². The van der Waals surface area contributed by atoms with Crippen LogP contribution in [0.5, 0.6) is 0 Å². The summed E-state index contributed by atoms with van der Waals surface area (Å²) in [5.74, 6) is 1.15. The molecule has 0 atom stereocenters. The van der Waals surface area contributed by atoms with Gasteiger partial charge in [-0.1, -0.05) is 29.8 Å². The van der Waals surface area contributed by atoms with E-state index < -0.39 is 10.0 Å². The van der Waals surface area contributed by atoms with Gasteiger partial charge in [-0.25, -0.2) is 17.8 Å². The van der Waals surface area contributed by atoms with E-state index in [1.165, 1.54) is 0 Å². The van der Waals surface area contributed by atoms with Gasteiger partial charge in [-0.3, -0.25) is 0 Å². The molecule has 2 N–H and O–H groups in total. The first kappa shape index (κ1) is 19.0. The highest BCUT2D eigenvalue weighted by molar-refractivity contribution is 7.88. The van der Waals surface area contributed by atoms with E-state index in [9.17, 15) is 8.42 Å². The molecule has 1 aromatic carbocycles. The largest absolute Gasteiger partial charge is 0.367 e. The second-order valence-electron chi connectivity index (χ2n) is 6.24. The highest BCUT2D eigenvalue weighted by Crippen LogP contribution is 2.08. The molecule has 0 aliphatic carbocycles. The highest BCUT2D eigenvalue weighted by Gasteiger charge is 2.10. The lowest BCUT2D eigenvalue weighted by Gasteiger charge is -2.09. The van der Waals surface area contributed by atoms with Gasteiger partial charge in [0.2, 0.25) is 10.0 Å². The van der Waals surface area contributed by atoms with Crippen LogP contribution in [0.25, 0.3) is 5.82 Å². The molecule has 9 heteroatoms. The predicted octanol–water partition coefficient (Wildman–Crippen LogP) is 1.81. The summed E-state index contributed by atoms with van der Waals surface area (Å²) in [7, 11) is -3.38. The first-order valence-corrected chi connectivity index (χ1v) is 10.2. The van der Waals surface area contributed by atoms with Crippen molar-refractivity contribution in [2.24, 2.45) is 0 Å². The third-order valence-corrected chi connectivity index (χ3v) is 5.20. The van der Waals surface area contributed by atoms with Gasteiger partial charge in [0.05, 0.1) is 11.4 Å². The van der Waals surface area contributed by atoms with E-state index in [2.05, 4.69) is 25.3 Å². The number of hydrogen-bond acceptors (Lipinski definition) is 6. The van der Waals surface area contributed by atoms with Gasteiger partial charge in [0, 0.05) is 19.3 Å². The normalized spacial score (nSPS) is 11.5. The van der Waals surface area contributed by atoms with E-state index in [0.717, 1.165) is 16.8 Å². The van der Waals surface area contributed by atoms with Gasteiger partial charge >= 0.3 is 0 Å². The number of anilines is 1. The van der Waals surface area contributed by atoms with E-state index in [1.807, 2.05) is 50.4 Å². The molecule has 0 amide bonds. The number of nitrogens with one attached hydrogen (secondary N) is 2. The topological polar surface area (TPSA) is 102 Å². The Balaban J connectivity index is 1.46. The summed E-state index contributed by atoms with van der Waals surface area (Å²) in [6.45, 7) is 4.53. The van der Waals surface area contributed by atoms with Crippen molar-refractivity contribution >= 4 is 15.8 Å². The Bertz CT molecular complexity index is 981. The Kier molecular flexibility index (Phi) is 5.82. The van der Waals surface area contributed by atoms with Gasteiger partial charge in [0.15, 0.2) is 5.82 Å². The number of aromatic nitrogens is 4. The number of hydrogen-bond donors (Lipinski definition) is 2. The van der Waals surface area contributed by atoms with Crippen LogP contribution >= 0.6 is 0 Å². The van der Waals surface area contributed by atoms with Crippen molar-refractivity contribution in [3.8, 4) is 5.82 Å². The number of nitrogens with zero attached hydrogens (tertiary/aromatic N) is 4. The van der Waals surface area contributed by atoms with E-state index in [1.54, 1.807) is 16.8 Å². The van der Waals surface area contributed by atoms with Crippen molar-refractivity contribution in [2.75, 3.05) is 18.4 Å². The molecule has 142 valence electrons. The van der Waals surface area contributed by atoms with Crippen molar-refractivity contribution in [1.82, 2.24) is 24.7 Å². The number of sulfonamides is 1. The molecule has 0 radical (unpaired) electrons. The Morgan fingerprint density at radius 1 is 0.963 bits per heavy atom. The van der Waals surface area contributed by atoms with Gasteiger partial charge in [-0.05, 0) is 37.6 Å². The third-order valence-electron chi connectivity index (χ3n) is 3.84. The fourth-order valence-corrected chi connectivity index (χ4v) is 3.58. The van der Waals surface area contributed by atoms with Crippen LogP contribution in [-0.2, 0) is 15.8 Å². The highest BCUT2D eigenvalue weighted by atomic mass is 32.2. The van der Waals surface area contributed by atoms with E-state index in [4.69, 9.17) is 0 Å². The van der Waals surface area contributed by atoms with E-state index in [0.29, 0.717) is 18.2 Å². The summed E-state index contributed by atoms with van der Waals surface area (Å²) < 4.78 is 28.5. The molecule has 2 aromatic heterocycles. The Labute approximate surface area is 158 Å². The van der Waals surface area contributed by atoms with Crippen molar-refractivity contribution in [1.29, 1.82) is 0 Å². The lowest BCUT2D eigenvalue weighted by Crippen LogP contribution is -2.30. The number of rotatable bonds is 8. The lowest BCUT2D eigenvalue weighted by molar-refractivity contribution is 0.582. The fourth-order valence-electron chi connectivity index (χ4n) is 2.44. The molecule has 8 nitrogen and oxygen atoms in total. The zero-order valence-electron chi connectivity index (χ0n) is 15.3. The fraction of sp³-hybridized carbons (Fsp3) is 0.278. The Morgan fingerprint density at radius 2 is 1.74 bits per heavy atom. The molecule has 0 unspecified atom stereocenters. The minimum absolute atomic E-state index is 0.0366. The molecule has 0 saturated carbocycles. The van der Waals surface area contributed by atoms with Crippen molar-refractivity contribution in [3.05, 3.63) is 65.5 Å². The molecule has 0 saturated heterocycles. The van der Waals surface area contributed by atoms with Crippen LogP contribution in [-0.4, -0.2) is 41.5 Å². The summed E-state index contributed by atoms with van der Waals surface area (Å²) >= 11 is 0. The average molecular weight is 386 g/mol. The van der Waals surface area contributed by atoms with Crippen LogP contribution in [0.4, 0.5) is 5.82 Å². The predicted molar refractivity (Wildman–Crippen MR) is 104 cm³/mol. The van der Waals surface area contributed by atoms with E-state index in [-0.39, 0.29) is 12.3 Å². The molecular formula is C18H22N6O2S. The van der Waals surface area contributed by atoms with Crippen LogP contribution in [0.15, 0.2) is 48.7 Å². The molecular weight excluding hydrogens is 364 g/mol. The van der Waals surface area contributed by atoms with Gasteiger partial charge in [0.25, 0.3) is 0 Å². The molecule has 3 aromatic rings. The quantitative estimate of drug-likeness (QED) is 0.573. The van der Waals surface area contributed by atoms with Crippen LogP contribution in [0.3, 0.4) is 0 Å². The van der Waals surface area contributed by atoms with Gasteiger partial charge in [-0.15, -0.1) is 10.2 Å². The summed E-state index contributed by atoms with van der Waals surface area (Å²) in [6.07, 6.45) is 1.81. The van der Waals surface area contributed by atoms with Crippen LogP contribution in [0, 0.1) is 13.8 Å². The van der Waals surface area contributed by atoms with Crippen molar-refractivity contribution in [3.63, 3.8) is 0 Å². The van der Waals surface area contributed by atoms with Crippen LogP contribution in [0.1, 0.15) is 16.8 Å². The maximum absolute atomic E-state index is 12.1. The first-order chi connectivity index (χ1) is 12.9.